The van der Waals surface area contributed by atoms with Crippen molar-refractivity contribution in [2.45, 2.75) is 44.0 Å². The first kappa shape index (κ1) is 23.8. The fourth-order valence-corrected chi connectivity index (χ4v) is 2.89. The zero-order valence-electron chi connectivity index (χ0n) is 17.1. The molecule has 2 rings (SSSR count). The van der Waals surface area contributed by atoms with E-state index in [2.05, 4.69) is 10.6 Å². The summed E-state index contributed by atoms with van der Waals surface area (Å²) in [5.74, 6) is -2.62. The van der Waals surface area contributed by atoms with Gasteiger partial charge in [-0.05, 0) is 30.2 Å². The molecular formula is C22H27N3O6. The lowest BCUT2D eigenvalue weighted by atomic mass is 10.0. The van der Waals surface area contributed by atoms with Crippen molar-refractivity contribution in [3.8, 4) is 5.75 Å². The van der Waals surface area contributed by atoms with Crippen LogP contribution in [-0.2, 0) is 27.2 Å². The lowest BCUT2D eigenvalue weighted by molar-refractivity contribution is -0.142. The van der Waals surface area contributed by atoms with E-state index in [1.807, 2.05) is 0 Å². The van der Waals surface area contributed by atoms with Crippen molar-refractivity contribution < 1.29 is 29.7 Å². The Hall–Kier alpha value is -3.43. The number of carboxylic acids is 1. The highest BCUT2D eigenvalue weighted by atomic mass is 16.4. The number of carbonyl (C=O) groups is 3. The molecule has 0 heterocycles. The summed E-state index contributed by atoms with van der Waals surface area (Å²) in [5, 5.41) is 33.4. The van der Waals surface area contributed by atoms with Crippen molar-refractivity contribution in [2.24, 2.45) is 5.73 Å². The number of benzene rings is 2. The van der Waals surface area contributed by atoms with Crippen LogP contribution in [0.25, 0.3) is 0 Å². The van der Waals surface area contributed by atoms with E-state index < -0.39 is 42.0 Å². The average molecular weight is 429 g/mol. The molecule has 7 N–H and O–H groups in total. The largest absolute Gasteiger partial charge is 0.508 e. The molecule has 0 aliphatic heterocycles. The number of phenolic OH excluding ortho intramolecular Hbond substituents is 1. The minimum Gasteiger partial charge on any atom is -0.508 e. The van der Waals surface area contributed by atoms with E-state index in [1.165, 1.54) is 19.1 Å². The van der Waals surface area contributed by atoms with Gasteiger partial charge in [0.05, 0.1) is 6.10 Å². The van der Waals surface area contributed by atoms with Gasteiger partial charge in [-0.2, -0.15) is 0 Å². The maximum atomic E-state index is 12.9. The van der Waals surface area contributed by atoms with E-state index in [4.69, 9.17) is 5.73 Å². The summed E-state index contributed by atoms with van der Waals surface area (Å²) in [6, 6.07) is 11.3. The number of nitrogens with two attached hydrogens (primary N) is 1. The monoisotopic (exact) mass is 429 g/mol. The molecule has 0 bridgehead atoms. The normalized spacial score (nSPS) is 14.7. The quantitative estimate of drug-likeness (QED) is 0.308. The van der Waals surface area contributed by atoms with Crippen LogP contribution in [-0.4, -0.2) is 57.3 Å². The second-order valence-electron chi connectivity index (χ2n) is 7.29. The molecule has 31 heavy (non-hydrogen) atoms. The second-order valence-corrected chi connectivity index (χ2v) is 7.29. The average Bonchev–Trinajstić information content (AvgIpc) is 2.74. The second kappa shape index (κ2) is 11.1. The Morgan fingerprint density at radius 3 is 1.94 bits per heavy atom. The lowest BCUT2D eigenvalue weighted by Crippen LogP contribution is -2.57. The Morgan fingerprint density at radius 1 is 0.871 bits per heavy atom. The number of carboxylic acid groups (broad SMARTS) is 1. The van der Waals surface area contributed by atoms with E-state index in [-0.39, 0.29) is 18.6 Å². The molecule has 166 valence electrons. The van der Waals surface area contributed by atoms with Crippen LogP contribution in [0.5, 0.6) is 5.75 Å². The van der Waals surface area contributed by atoms with Crippen LogP contribution in [0.15, 0.2) is 54.6 Å². The Balaban J connectivity index is 2.17. The molecule has 9 heteroatoms. The number of aliphatic hydroxyl groups is 1. The highest BCUT2D eigenvalue weighted by molar-refractivity contribution is 5.92. The number of nitrogens with one attached hydrogen (secondary N) is 2. The highest BCUT2D eigenvalue weighted by Gasteiger charge is 2.29. The van der Waals surface area contributed by atoms with Crippen LogP contribution >= 0.6 is 0 Å². The fraction of sp³-hybridized carbons (Fsp3) is 0.318. The van der Waals surface area contributed by atoms with E-state index in [1.54, 1.807) is 42.5 Å². The Bertz CT molecular complexity index is 886. The SMILES string of the molecule is CC(O)C(N)C(=O)NC(Cc1ccccc1)C(=O)NC(Cc1ccc(O)cc1)C(=O)O. The topological polar surface area (TPSA) is 162 Å². The number of aromatic hydroxyl groups is 1. The van der Waals surface area contributed by atoms with Crippen LogP contribution in [0.3, 0.4) is 0 Å². The molecule has 2 amide bonds. The Kier molecular flexibility index (Phi) is 8.53. The van der Waals surface area contributed by atoms with Crippen molar-refractivity contribution in [2.75, 3.05) is 0 Å². The van der Waals surface area contributed by atoms with Crippen molar-refractivity contribution >= 4 is 17.8 Å². The summed E-state index contributed by atoms with van der Waals surface area (Å²) in [6.07, 6.45) is -1.03. The first-order chi connectivity index (χ1) is 14.7. The standard InChI is InChI=1S/C22H27N3O6/c1-13(26)19(23)21(29)24-17(11-14-5-3-2-4-6-14)20(28)25-18(22(30)31)12-15-7-9-16(27)10-8-15/h2-10,13,17-19,26-27H,11-12,23H2,1H3,(H,24,29)(H,25,28)(H,30,31). The molecule has 0 radical (unpaired) electrons. The molecule has 0 aliphatic rings. The fourth-order valence-electron chi connectivity index (χ4n) is 2.89. The van der Waals surface area contributed by atoms with Gasteiger partial charge in [0, 0.05) is 12.8 Å². The Morgan fingerprint density at radius 2 is 1.39 bits per heavy atom. The highest BCUT2D eigenvalue weighted by Crippen LogP contribution is 2.12. The molecule has 9 nitrogen and oxygen atoms in total. The van der Waals surface area contributed by atoms with Gasteiger partial charge in [0.2, 0.25) is 11.8 Å². The number of phenols is 1. The number of aliphatic hydroxyl groups excluding tert-OH is 1. The first-order valence-electron chi connectivity index (χ1n) is 9.76. The summed E-state index contributed by atoms with van der Waals surface area (Å²) in [5.41, 5.74) is 7.01. The van der Waals surface area contributed by atoms with Gasteiger partial charge >= 0.3 is 5.97 Å². The number of rotatable bonds is 10. The molecule has 0 aliphatic carbocycles. The van der Waals surface area contributed by atoms with Crippen molar-refractivity contribution in [3.05, 3.63) is 65.7 Å². The van der Waals surface area contributed by atoms with Gasteiger partial charge in [0.1, 0.15) is 23.9 Å². The number of hydrogen-bond donors (Lipinski definition) is 6. The van der Waals surface area contributed by atoms with E-state index >= 15 is 0 Å². The van der Waals surface area contributed by atoms with Gasteiger partial charge in [-0.25, -0.2) is 4.79 Å². The zero-order chi connectivity index (χ0) is 23.0. The summed E-state index contributed by atoms with van der Waals surface area (Å²) < 4.78 is 0. The minimum absolute atomic E-state index is 0.0133. The van der Waals surface area contributed by atoms with Crippen LogP contribution in [0.1, 0.15) is 18.1 Å². The molecule has 2 aromatic rings. The van der Waals surface area contributed by atoms with E-state index in [0.29, 0.717) is 5.56 Å². The van der Waals surface area contributed by atoms with Crippen LogP contribution in [0, 0.1) is 0 Å². The van der Waals surface area contributed by atoms with Gasteiger partial charge < -0.3 is 31.7 Å². The third kappa shape index (κ3) is 7.40. The molecular weight excluding hydrogens is 402 g/mol. The summed E-state index contributed by atoms with van der Waals surface area (Å²) >= 11 is 0. The van der Waals surface area contributed by atoms with Gasteiger partial charge in [0.25, 0.3) is 0 Å². The number of carbonyl (C=O) groups excluding carboxylic acids is 2. The van der Waals surface area contributed by atoms with E-state index in [0.717, 1.165) is 5.56 Å². The molecule has 0 saturated heterocycles. The predicted molar refractivity (Wildman–Crippen MR) is 113 cm³/mol. The van der Waals surface area contributed by atoms with Crippen molar-refractivity contribution in [1.29, 1.82) is 0 Å². The third-order valence-corrected chi connectivity index (χ3v) is 4.73. The predicted octanol–water partition coefficient (Wildman–Crippen LogP) is -0.0603. The van der Waals surface area contributed by atoms with Gasteiger partial charge in [-0.3, -0.25) is 9.59 Å². The Labute approximate surface area is 179 Å². The number of hydrogen-bond acceptors (Lipinski definition) is 6. The summed E-state index contributed by atoms with van der Waals surface area (Å²) in [7, 11) is 0. The maximum absolute atomic E-state index is 12.9. The molecule has 0 spiro atoms. The summed E-state index contributed by atoms with van der Waals surface area (Å²) in [6.45, 7) is 1.36. The third-order valence-electron chi connectivity index (χ3n) is 4.73. The molecule has 0 saturated carbocycles. The smallest absolute Gasteiger partial charge is 0.326 e. The van der Waals surface area contributed by atoms with E-state index in [9.17, 15) is 29.7 Å². The molecule has 2 aromatic carbocycles. The van der Waals surface area contributed by atoms with Crippen LogP contribution in [0.4, 0.5) is 0 Å². The van der Waals surface area contributed by atoms with Gasteiger partial charge in [0.15, 0.2) is 0 Å². The maximum Gasteiger partial charge on any atom is 0.326 e. The number of aliphatic carboxylic acids is 1. The van der Waals surface area contributed by atoms with Crippen LogP contribution < -0.4 is 16.4 Å². The lowest BCUT2D eigenvalue weighted by Gasteiger charge is -2.24. The van der Waals surface area contributed by atoms with Gasteiger partial charge in [-0.1, -0.05) is 42.5 Å². The molecule has 4 atom stereocenters. The minimum atomic E-state index is -1.25. The van der Waals surface area contributed by atoms with Gasteiger partial charge in [-0.15, -0.1) is 0 Å². The van der Waals surface area contributed by atoms with Crippen molar-refractivity contribution in [1.82, 2.24) is 10.6 Å². The van der Waals surface area contributed by atoms with Crippen molar-refractivity contribution in [3.63, 3.8) is 0 Å². The summed E-state index contributed by atoms with van der Waals surface area (Å²) in [4.78, 5) is 36.9. The first-order valence-corrected chi connectivity index (χ1v) is 9.76. The molecule has 0 aromatic heterocycles. The van der Waals surface area contributed by atoms with Crippen LogP contribution in [0.2, 0.25) is 0 Å². The zero-order valence-corrected chi connectivity index (χ0v) is 17.1. The number of amides is 2. The molecule has 0 fully saturated rings. The molecule has 4 unspecified atom stereocenters.